The molecule has 0 amide bonds. The Kier molecular flexibility index (Phi) is 5.06. The third kappa shape index (κ3) is 3.46. The molecule has 0 N–H and O–H groups in total. The van der Waals surface area contributed by atoms with Gasteiger partial charge in [0, 0.05) is 68.9 Å². The van der Waals surface area contributed by atoms with Crippen molar-refractivity contribution >= 4 is 65.8 Å². The van der Waals surface area contributed by atoms with Gasteiger partial charge in [0.05, 0.1) is 16.6 Å². The fraction of sp³-hybridized carbons (Fsp3) is 0. The van der Waals surface area contributed by atoms with E-state index in [0.29, 0.717) is 29.0 Å². The molecule has 8 aromatic heterocycles. The van der Waals surface area contributed by atoms with Gasteiger partial charge in [0.1, 0.15) is 16.9 Å². The average Bonchev–Trinajstić information content (AvgIpc) is 3.64. The second-order valence-corrected chi connectivity index (χ2v) is 11.0. The first-order valence-electron chi connectivity index (χ1n) is 14.8. The summed E-state index contributed by atoms with van der Waals surface area (Å²) in [5, 5.41) is 5.88. The van der Waals surface area contributed by atoms with Crippen molar-refractivity contribution in [2.24, 2.45) is 0 Å². The Morgan fingerprint density at radius 3 is 1.74 bits per heavy atom. The highest BCUT2D eigenvalue weighted by molar-refractivity contribution is 6.09. The molecule has 2 aromatic carbocycles. The van der Waals surface area contributed by atoms with Gasteiger partial charge < -0.3 is 0 Å². The summed E-state index contributed by atoms with van der Waals surface area (Å²) in [6, 6.07) is 30.1. The van der Waals surface area contributed by atoms with Crippen molar-refractivity contribution in [3.63, 3.8) is 0 Å². The minimum absolute atomic E-state index is 0.392. The zero-order chi connectivity index (χ0) is 30.2. The maximum Gasteiger partial charge on any atom is 0.242 e. The Hall–Kier alpha value is -6.68. The van der Waals surface area contributed by atoms with Gasteiger partial charge in [0.2, 0.25) is 11.9 Å². The molecule has 0 atom stereocenters. The van der Waals surface area contributed by atoms with Gasteiger partial charge >= 0.3 is 0 Å². The van der Waals surface area contributed by atoms with Crippen molar-refractivity contribution in [2.75, 3.05) is 0 Å². The summed E-state index contributed by atoms with van der Waals surface area (Å²) in [6.45, 7) is 0. The van der Waals surface area contributed by atoms with Gasteiger partial charge in [-0.15, -0.1) is 0 Å². The molecule has 10 aromatic rings. The summed E-state index contributed by atoms with van der Waals surface area (Å²) in [5.74, 6) is 1.30. The van der Waals surface area contributed by atoms with E-state index in [-0.39, 0.29) is 0 Å². The number of aromatic nitrogens is 10. The maximum absolute atomic E-state index is 5.14. The number of hydrogen-bond donors (Lipinski definition) is 0. The molecule has 0 bridgehead atoms. The topological polar surface area (TPSA) is 113 Å². The van der Waals surface area contributed by atoms with E-state index in [0.717, 1.165) is 60.1 Å². The molecule has 10 heteroatoms. The van der Waals surface area contributed by atoms with E-state index in [1.165, 1.54) is 0 Å². The number of fused-ring (bicyclic) bond motifs is 9. The highest BCUT2D eigenvalue weighted by Crippen LogP contribution is 2.34. The Labute approximate surface area is 259 Å². The van der Waals surface area contributed by atoms with Crippen molar-refractivity contribution in [1.29, 1.82) is 0 Å². The molecule has 0 aliphatic rings. The van der Waals surface area contributed by atoms with E-state index < -0.39 is 0 Å². The van der Waals surface area contributed by atoms with Gasteiger partial charge in [-0.2, -0.15) is 15.0 Å². The largest absolute Gasteiger partial charge is 0.262 e. The van der Waals surface area contributed by atoms with Gasteiger partial charge in [-0.1, -0.05) is 36.4 Å². The Bertz CT molecular complexity index is 2600. The average molecular weight is 593 g/mol. The fourth-order valence-corrected chi connectivity index (χ4v) is 6.48. The van der Waals surface area contributed by atoms with Crippen molar-refractivity contribution in [2.45, 2.75) is 0 Å². The lowest BCUT2D eigenvalue weighted by Crippen LogP contribution is -2.11. The quantitative estimate of drug-likeness (QED) is 0.201. The normalized spacial score (nSPS) is 11.9. The highest BCUT2D eigenvalue weighted by atomic mass is 15.3. The van der Waals surface area contributed by atoms with Crippen LogP contribution >= 0.6 is 0 Å². The monoisotopic (exact) mass is 592 g/mol. The second kappa shape index (κ2) is 9.41. The number of nitrogens with zero attached hydrogens (tertiary/aromatic N) is 10. The first kappa shape index (κ1) is 24.7. The third-order valence-electron chi connectivity index (χ3n) is 8.46. The molecule has 0 aliphatic heterocycles. The molecule has 46 heavy (non-hydrogen) atoms. The van der Waals surface area contributed by atoms with E-state index >= 15 is 0 Å². The lowest BCUT2D eigenvalue weighted by atomic mass is 10.1. The number of pyridine rings is 5. The summed E-state index contributed by atoms with van der Waals surface area (Å²) >= 11 is 0. The number of rotatable bonds is 3. The van der Waals surface area contributed by atoms with Gasteiger partial charge in [0.15, 0.2) is 5.82 Å². The van der Waals surface area contributed by atoms with E-state index in [2.05, 4.69) is 35.3 Å². The number of benzene rings is 2. The molecule has 0 spiro atoms. The van der Waals surface area contributed by atoms with Crippen LogP contribution in [0.3, 0.4) is 0 Å². The third-order valence-corrected chi connectivity index (χ3v) is 8.46. The van der Waals surface area contributed by atoms with Crippen LogP contribution in [0.4, 0.5) is 0 Å². The first-order valence-corrected chi connectivity index (χ1v) is 14.8. The van der Waals surface area contributed by atoms with Crippen LogP contribution in [0.1, 0.15) is 0 Å². The maximum atomic E-state index is 5.14. The molecular formula is C36H20N10. The van der Waals surface area contributed by atoms with Gasteiger partial charge in [-0.05, 0) is 54.6 Å². The second-order valence-electron chi connectivity index (χ2n) is 11.0. The lowest BCUT2D eigenvalue weighted by molar-refractivity contribution is 0.880. The smallest absolute Gasteiger partial charge is 0.242 e. The number of hydrogen-bond acceptors (Lipinski definition) is 8. The molecule has 0 unspecified atom stereocenters. The molecule has 0 radical (unpaired) electrons. The molecule has 0 fully saturated rings. The number of para-hydroxylation sites is 1. The van der Waals surface area contributed by atoms with Crippen LogP contribution in [-0.2, 0) is 0 Å². The summed E-state index contributed by atoms with van der Waals surface area (Å²) in [4.78, 5) is 39.1. The van der Waals surface area contributed by atoms with Crippen LogP contribution in [0, 0.1) is 0 Å². The van der Waals surface area contributed by atoms with Crippen LogP contribution < -0.4 is 0 Å². The first-order chi connectivity index (χ1) is 22.8. The van der Waals surface area contributed by atoms with Crippen LogP contribution in [-0.4, -0.2) is 49.0 Å². The highest BCUT2D eigenvalue weighted by Gasteiger charge is 2.22. The van der Waals surface area contributed by atoms with E-state index in [1.54, 1.807) is 31.0 Å². The molecule has 0 saturated carbocycles. The molecule has 0 saturated heterocycles. The van der Waals surface area contributed by atoms with Crippen molar-refractivity contribution in [3.8, 4) is 23.3 Å². The van der Waals surface area contributed by atoms with Crippen molar-refractivity contribution in [3.05, 3.63) is 122 Å². The van der Waals surface area contributed by atoms with Crippen LogP contribution in [0.5, 0.6) is 0 Å². The fourth-order valence-electron chi connectivity index (χ4n) is 6.48. The zero-order valence-electron chi connectivity index (χ0n) is 24.0. The molecule has 10 nitrogen and oxygen atoms in total. The Balaban J connectivity index is 1.35. The Morgan fingerprint density at radius 1 is 0.391 bits per heavy atom. The standard InChI is InChI=1S/C36H20N10/c1-2-12-28-22(8-1)25-9-4-17-39-32(25)45(28)35-42-31(24-15-20-38-30-23(24)14-13-21-7-3-16-37-29(21)30)43-36(44-35)46-33-26(10-5-18-40-33)27-11-6-19-41-34(27)46/h1-20H. The SMILES string of the molecule is c1cnc2c(c1)ccc1c(-c3nc(-n4c5ccccc5c5cccnc54)nc(-n4c5ncccc5c5cccnc54)n3)ccnc12. The van der Waals surface area contributed by atoms with Gasteiger partial charge in [-0.3, -0.25) is 14.5 Å². The minimum atomic E-state index is 0.392. The van der Waals surface area contributed by atoms with Crippen LogP contribution in [0.25, 0.3) is 89.1 Å². The van der Waals surface area contributed by atoms with Gasteiger partial charge in [0.25, 0.3) is 0 Å². The zero-order valence-corrected chi connectivity index (χ0v) is 24.0. The van der Waals surface area contributed by atoms with E-state index in [4.69, 9.17) is 34.9 Å². The van der Waals surface area contributed by atoms with Gasteiger partial charge in [-0.25, -0.2) is 19.5 Å². The van der Waals surface area contributed by atoms with Crippen molar-refractivity contribution < 1.29 is 0 Å². The van der Waals surface area contributed by atoms with Crippen LogP contribution in [0.15, 0.2) is 122 Å². The van der Waals surface area contributed by atoms with Crippen molar-refractivity contribution in [1.82, 2.24) is 49.0 Å². The summed E-state index contributed by atoms with van der Waals surface area (Å²) in [7, 11) is 0. The summed E-state index contributed by atoms with van der Waals surface area (Å²) < 4.78 is 3.90. The molecular weight excluding hydrogens is 572 g/mol. The Morgan fingerprint density at radius 2 is 0.978 bits per heavy atom. The molecule has 10 rings (SSSR count). The molecule has 8 heterocycles. The molecule has 0 aliphatic carbocycles. The predicted octanol–water partition coefficient (Wildman–Crippen LogP) is 7.01. The summed E-state index contributed by atoms with van der Waals surface area (Å²) in [6.07, 6.45) is 8.89. The summed E-state index contributed by atoms with van der Waals surface area (Å²) in [5.41, 5.74) is 5.49. The van der Waals surface area contributed by atoms with E-state index in [9.17, 15) is 0 Å². The predicted molar refractivity (Wildman–Crippen MR) is 178 cm³/mol. The minimum Gasteiger partial charge on any atom is -0.262 e. The lowest BCUT2D eigenvalue weighted by Gasteiger charge is -2.12. The molecule has 214 valence electrons. The van der Waals surface area contributed by atoms with Crippen LogP contribution in [0.2, 0.25) is 0 Å². The van der Waals surface area contributed by atoms with E-state index in [1.807, 2.05) is 69.8 Å².